The second kappa shape index (κ2) is 11.8. The van der Waals surface area contributed by atoms with Gasteiger partial charge in [-0.3, -0.25) is 19.3 Å². The van der Waals surface area contributed by atoms with Crippen LogP contribution in [-0.2, 0) is 14.4 Å². The normalized spacial score (nSPS) is 22.2. The van der Waals surface area contributed by atoms with Crippen molar-refractivity contribution in [3.63, 3.8) is 0 Å². The van der Waals surface area contributed by atoms with Crippen LogP contribution in [-0.4, -0.2) is 84.3 Å². The molecule has 2 heterocycles. The third-order valence-electron chi connectivity index (χ3n) is 6.93. The van der Waals surface area contributed by atoms with E-state index in [9.17, 15) is 14.4 Å². The highest BCUT2D eigenvalue weighted by Gasteiger charge is 2.34. The van der Waals surface area contributed by atoms with Crippen molar-refractivity contribution >= 4 is 17.7 Å². The number of hydrogen-bond acceptors (Lipinski definition) is 4. The van der Waals surface area contributed by atoms with Gasteiger partial charge in [0.15, 0.2) is 0 Å². The van der Waals surface area contributed by atoms with Crippen LogP contribution in [0.5, 0.6) is 0 Å². The van der Waals surface area contributed by atoms with Crippen molar-refractivity contribution < 1.29 is 14.4 Å². The number of carbonyl (C=O) groups is 3. The molecule has 1 N–H and O–H groups in total. The summed E-state index contributed by atoms with van der Waals surface area (Å²) in [4.78, 5) is 45.0. The number of nitrogens with zero attached hydrogens (tertiary/aromatic N) is 3. The Morgan fingerprint density at radius 2 is 1.56 bits per heavy atom. The molecule has 2 fully saturated rings. The summed E-state index contributed by atoms with van der Waals surface area (Å²) in [6.45, 7) is 12.4. The van der Waals surface area contributed by atoms with Crippen LogP contribution >= 0.6 is 0 Å². The molecule has 7 nitrogen and oxygen atoms in total. The van der Waals surface area contributed by atoms with Gasteiger partial charge in [0.25, 0.3) is 0 Å². The molecule has 3 atom stereocenters. The van der Waals surface area contributed by atoms with E-state index in [1.54, 1.807) is 11.9 Å². The van der Waals surface area contributed by atoms with E-state index < -0.39 is 6.04 Å². The van der Waals surface area contributed by atoms with E-state index in [0.29, 0.717) is 5.57 Å². The van der Waals surface area contributed by atoms with Gasteiger partial charge in [0.05, 0.1) is 12.1 Å². The van der Waals surface area contributed by atoms with Gasteiger partial charge in [-0.2, -0.15) is 0 Å². The summed E-state index contributed by atoms with van der Waals surface area (Å²) >= 11 is 0. The molecule has 0 aromatic rings. The Bertz CT molecular complexity index is 697. The molecule has 32 heavy (non-hydrogen) atoms. The first-order valence-corrected chi connectivity index (χ1v) is 12.3. The SMILES string of the molecule is C/C(=C\[C@H](C(C)C)N(C)C(=O)C(NC(=O)[C@H]1CCCCN1C)C(C)C)C(=O)N1CCCC1. The van der Waals surface area contributed by atoms with Crippen molar-refractivity contribution in [2.75, 3.05) is 33.7 Å². The Morgan fingerprint density at radius 3 is 2.09 bits per heavy atom. The molecule has 0 aromatic carbocycles. The van der Waals surface area contributed by atoms with Crippen molar-refractivity contribution in [2.45, 2.75) is 84.8 Å². The van der Waals surface area contributed by atoms with Crippen LogP contribution in [0.15, 0.2) is 11.6 Å². The molecule has 2 aliphatic heterocycles. The minimum Gasteiger partial charge on any atom is -0.343 e. The third-order valence-corrected chi connectivity index (χ3v) is 6.93. The van der Waals surface area contributed by atoms with Crippen LogP contribution in [0.3, 0.4) is 0 Å². The second-order valence-corrected chi connectivity index (χ2v) is 10.3. The molecule has 2 saturated heterocycles. The summed E-state index contributed by atoms with van der Waals surface area (Å²) in [6.07, 6.45) is 7.00. The number of rotatable bonds is 8. The molecular formula is C25H44N4O3. The highest BCUT2D eigenvalue weighted by Crippen LogP contribution is 2.20. The number of likely N-dealkylation sites (tertiary alicyclic amines) is 2. The Labute approximate surface area is 194 Å². The number of carbonyl (C=O) groups excluding carboxylic acids is 3. The van der Waals surface area contributed by atoms with E-state index >= 15 is 0 Å². The standard InChI is InChI=1S/C25H44N4O3/c1-17(2)21(16-19(5)24(31)29-14-10-11-15-29)28(7)25(32)22(18(3)4)26-23(30)20-12-8-9-13-27(20)6/h16-18,20-22H,8-15H2,1-7H3,(H,26,30)/b19-16+/t20-,21-,22?/m1/s1. The Hall–Kier alpha value is -1.89. The lowest BCUT2D eigenvalue weighted by Crippen LogP contribution is -2.57. The number of hydrogen-bond donors (Lipinski definition) is 1. The molecular weight excluding hydrogens is 404 g/mol. The van der Waals surface area contributed by atoms with Crippen molar-refractivity contribution in [3.8, 4) is 0 Å². The zero-order valence-corrected chi connectivity index (χ0v) is 21.2. The van der Waals surface area contributed by atoms with Crippen LogP contribution in [0.4, 0.5) is 0 Å². The summed E-state index contributed by atoms with van der Waals surface area (Å²) in [5, 5.41) is 3.04. The number of likely N-dealkylation sites (N-methyl/N-ethyl adjacent to an activating group) is 2. The molecule has 0 spiro atoms. The largest absolute Gasteiger partial charge is 0.343 e. The van der Waals surface area contributed by atoms with Gasteiger partial charge in [0, 0.05) is 25.7 Å². The molecule has 0 radical (unpaired) electrons. The summed E-state index contributed by atoms with van der Waals surface area (Å²) in [7, 11) is 3.76. The van der Waals surface area contributed by atoms with Gasteiger partial charge in [0.2, 0.25) is 17.7 Å². The minimum absolute atomic E-state index is 0.0353. The first-order chi connectivity index (χ1) is 15.0. The average molecular weight is 449 g/mol. The Kier molecular flexibility index (Phi) is 9.74. The van der Waals surface area contributed by atoms with Crippen molar-refractivity contribution in [3.05, 3.63) is 11.6 Å². The monoisotopic (exact) mass is 448 g/mol. The average Bonchev–Trinajstić information content (AvgIpc) is 3.28. The Balaban J connectivity index is 2.14. The van der Waals surface area contributed by atoms with E-state index in [0.717, 1.165) is 51.7 Å². The zero-order chi connectivity index (χ0) is 24.0. The Morgan fingerprint density at radius 1 is 0.969 bits per heavy atom. The molecule has 1 unspecified atom stereocenters. The molecule has 2 aliphatic rings. The molecule has 3 amide bonds. The maximum absolute atomic E-state index is 13.5. The van der Waals surface area contributed by atoms with Crippen LogP contribution in [0.1, 0.15) is 66.7 Å². The summed E-state index contributed by atoms with van der Waals surface area (Å²) in [5.41, 5.74) is 0.680. The van der Waals surface area contributed by atoms with Gasteiger partial charge in [-0.05, 0) is 58.0 Å². The first-order valence-electron chi connectivity index (χ1n) is 12.3. The quantitative estimate of drug-likeness (QED) is 0.580. The number of amides is 3. The van der Waals surface area contributed by atoms with Crippen LogP contribution in [0.25, 0.3) is 0 Å². The lowest BCUT2D eigenvalue weighted by atomic mass is 9.96. The summed E-state index contributed by atoms with van der Waals surface area (Å²) in [6, 6.07) is -0.985. The predicted octanol–water partition coefficient (Wildman–Crippen LogP) is 2.66. The fourth-order valence-corrected chi connectivity index (χ4v) is 4.78. The summed E-state index contributed by atoms with van der Waals surface area (Å²) in [5.74, 6) is -0.0129. The zero-order valence-electron chi connectivity index (χ0n) is 21.2. The van der Waals surface area contributed by atoms with Gasteiger partial charge in [-0.25, -0.2) is 0 Å². The fraction of sp³-hybridized carbons (Fsp3) is 0.800. The maximum Gasteiger partial charge on any atom is 0.249 e. The lowest BCUT2D eigenvalue weighted by Gasteiger charge is -2.36. The van der Waals surface area contributed by atoms with E-state index in [4.69, 9.17) is 0 Å². The number of nitrogens with one attached hydrogen (secondary N) is 1. The maximum atomic E-state index is 13.5. The second-order valence-electron chi connectivity index (χ2n) is 10.3. The van der Waals surface area contributed by atoms with E-state index in [1.165, 1.54) is 0 Å². The molecule has 0 bridgehead atoms. The van der Waals surface area contributed by atoms with Gasteiger partial charge in [-0.15, -0.1) is 0 Å². The predicted molar refractivity (Wildman–Crippen MR) is 128 cm³/mol. The summed E-state index contributed by atoms with van der Waals surface area (Å²) < 4.78 is 0. The van der Waals surface area contributed by atoms with Crippen molar-refractivity contribution in [1.82, 2.24) is 20.0 Å². The molecule has 0 saturated carbocycles. The van der Waals surface area contributed by atoms with Crippen LogP contribution in [0.2, 0.25) is 0 Å². The topological polar surface area (TPSA) is 73.0 Å². The first kappa shape index (κ1) is 26.4. The smallest absolute Gasteiger partial charge is 0.249 e. The molecule has 7 heteroatoms. The highest BCUT2D eigenvalue weighted by atomic mass is 16.2. The molecule has 0 aliphatic carbocycles. The van der Waals surface area contributed by atoms with Crippen LogP contribution < -0.4 is 5.32 Å². The van der Waals surface area contributed by atoms with Crippen molar-refractivity contribution in [1.29, 1.82) is 0 Å². The van der Waals surface area contributed by atoms with E-state index in [-0.39, 0.29) is 41.6 Å². The van der Waals surface area contributed by atoms with Gasteiger partial charge in [0.1, 0.15) is 6.04 Å². The minimum atomic E-state index is -0.591. The van der Waals surface area contributed by atoms with Gasteiger partial charge < -0.3 is 15.1 Å². The molecule has 182 valence electrons. The molecule has 0 aromatic heterocycles. The van der Waals surface area contributed by atoms with Crippen LogP contribution in [0, 0.1) is 11.8 Å². The lowest BCUT2D eigenvalue weighted by molar-refractivity contribution is -0.139. The van der Waals surface area contributed by atoms with Gasteiger partial charge >= 0.3 is 0 Å². The molecule has 2 rings (SSSR count). The number of piperidine rings is 1. The highest BCUT2D eigenvalue weighted by molar-refractivity contribution is 5.93. The van der Waals surface area contributed by atoms with E-state index in [1.807, 2.05) is 38.8 Å². The van der Waals surface area contributed by atoms with Gasteiger partial charge in [-0.1, -0.05) is 40.2 Å². The van der Waals surface area contributed by atoms with E-state index in [2.05, 4.69) is 24.1 Å². The van der Waals surface area contributed by atoms with Crippen molar-refractivity contribution in [2.24, 2.45) is 11.8 Å². The third kappa shape index (κ3) is 6.56. The fourth-order valence-electron chi connectivity index (χ4n) is 4.78.